The predicted octanol–water partition coefficient (Wildman–Crippen LogP) is 8.24. The van der Waals surface area contributed by atoms with Crippen molar-refractivity contribution >= 4 is 39.2 Å². The van der Waals surface area contributed by atoms with E-state index in [1.54, 1.807) is 77.7 Å². The molecule has 1 aliphatic rings. The molecule has 11 heteroatoms. The van der Waals surface area contributed by atoms with Crippen molar-refractivity contribution in [1.82, 2.24) is 9.62 Å². The van der Waals surface area contributed by atoms with Gasteiger partial charge >= 0.3 is 6.03 Å². The Kier molecular flexibility index (Phi) is 10.1. The Hall–Kier alpha value is -4.28. The Balaban J connectivity index is 1.37. The summed E-state index contributed by atoms with van der Waals surface area (Å²) in [6.07, 6.45) is 2.18. The number of sulfonamides is 1. The fourth-order valence-corrected chi connectivity index (χ4v) is 6.94. The minimum Gasteiger partial charge on any atom is -0.320 e. The lowest BCUT2D eigenvalue weighted by Crippen LogP contribution is -2.47. The number of benzene rings is 4. The maximum absolute atomic E-state index is 14.7. The van der Waals surface area contributed by atoms with Gasteiger partial charge in [0.25, 0.3) is 21.9 Å². The van der Waals surface area contributed by atoms with Gasteiger partial charge in [0, 0.05) is 37.2 Å². The molecular weight excluding hydrogens is 632 g/mol. The Morgan fingerprint density at radius 3 is 2.33 bits per heavy atom. The van der Waals surface area contributed by atoms with Crippen LogP contribution in [0.2, 0.25) is 5.02 Å². The van der Waals surface area contributed by atoms with Gasteiger partial charge in [0.1, 0.15) is 0 Å². The highest BCUT2D eigenvalue weighted by molar-refractivity contribution is 7.90. The summed E-state index contributed by atoms with van der Waals surface area (Å²) in [5, 5.41) is 0.128. The smallest absolute Gasteiger partial charge is 0.320 e. The minimum absolute atomic E-state index is 0.0365. The zero-order valence-electron chi connectivity index (χ0n) is 25.3. The van der Waals surface area contributed by atoms with Crippen LogP contribution in [-0.2, 0) is 22.5 Å². The number of carbonyl (C=O) groups excluding carboxylic acids is 2. The van der Waals surface area contributed by atoms with Crippen LogP contribution in [0.25, 0.3) is 11.1 Å². The van der Waals surface area contributed by atoms with Crippen molar-refractivity contribution in [2.24, 2.45) is 0 Å². The minimum atomic E-state index is -4.27. The summed E-state index contributed by atoms with van der Waals surface area (Å²) in [6.45, 7) is 2.67. The molecule has 46 heavy (non-hydrogen) atoms. The summed E-state index contributed by atoms with van der Waals surface area (Å²) in [5.41, 5.74) is 1.87. The van der Waals surface area contributed by atoms with Crippen molar-refractivity contribution in [3.05, 3.63) is 119 Å². The van der Waals surface area contributed by atoms with Crippen molar-refractivity contribution in [3.8, 4) is 11.1 Å². The Labute approximate surface area is 272 Å². The van der Waals surface area contributed by atoms with Gasteiger partial charge in [-0.3, -0.25) is 9.69 Å². The third kappa shape index (κ3) is 7.24. The molecule has 7 nitrogen and oxygen atoms in total. The maximum atomic E-state index is 14.7. The molecule has 0 atom stereocenters. The van der Waals surface area contributed by atoms with E-state index in [1.165, 1.54) is 29.2 Å². The zero-order chi connectivity index (χ0) is 32.9. The molecule has 240 valence electrons. The third-order valence-electron chi connectivity index (χ3n) is 7.93. The van der Waals surface area contributed by atoms with E-state index < -0.39 is 28.3 Å². The van der Waals surface area contributed by atoms with Crippen molar-refractivity contribution < 1.29 is 26.8 Å². The highest BCUT2D eigenvalue weighted by Gasteiger charge is 2.41. The summed E-state index contributed by atoms with van der Waals surface area (Å²) in [7, 11) is -4.27. The monoisotopic (exact) mass is 665 g/mol. The summed E-state index contributed by atoms with van der Waals surface area (Å²) in [4.78, 5) is 29.6. The van der Waals surface area contributed by atoms with Gasteiger partial charge in [-0.2, -0.15) is 0 Å². The fraction of sp³-hybridized carbons (Fsp3) is 0.257. The molecule has 0 bridgehead atoms. The molecule has 0 unspecified atom stereocenters. The molecular formula is C35H34ClF2N3O4S. The number of nitrogens with zero attached hydrogens (tertiary/aromatic N) is 2. The molecule has 0 spiro atoms. The summed E-state index contributed by atoms with van der Waals surface area (Å²) in [5.74, 6) is -3.85. The maximum Gasteiger partial charge on any atom is 0.324 e. The third-order valence-corrected chi connectivity index (χ3v) is 9.65. The van der Waals surface area contributed by atoms with Crippen LogP contribution in [-0.4, -0.2) is 38.3 Å². The molecule has 0 saturated carbocycles. The molecule has 0 aromatic heterocycles. The van der Waals surface area contributed by atoms with Crippen molar-refractivity contribution in [3.63, 3.8) is 0 Å². The Morgan fingerprint density at radius 2 is 1.59 bits per heavy atom. The van der Waals surface area contributed by atoms with E-state index in [2.05, 4.69) is 11.6 Å². The van der Waals surface area contributed by atoms with E-state index >= 15 is 0 Å². The first kappa shape index (κ1) is 33.1. The number of fused-ring (bicyclic) bond motifs is 1. The topological polar surface area (TPSA) is 86.8 Å². The van der Waals surface area contributed by atoms with Gasteiger partial charge in [0.05, 0.1) is 21.2 Å². The lowest BCUT2D eigenvalue weighted by molar-refractivity contribution is -0.0146. The molecule has 1 aliphatic heterocycles. The first-order valence-electron chi connectivity index (χ1n) is 15.1. The van der Waals surface area contributed by atoms with Crippen LogP contribution in [0.4, 0.5) is 19.3 Å². The summed E-state index contributed by atoms with van der Waals surface area (Å²) >= 11 is 6.09. The summed E-state index contributed by atoms with van der Waals surface area (Å²) < 4.78 is 58.1. The van der Waals surface area contributed by atoms with Gasteiger partial charge in [-0.05, 0) is 41.8 Å². The SMILES string of the molecule is CCCCCN(Cc1ccc(-c2ccccc2S(=O)(=O)NC(=O)c2ccccc2Cl)cc1)C(=O)N1CCC(F)(F)c2ccccc21. The molecule has 5 rings (SSSR count). The van der Waals surface area contributed by atoms with Crippen LogP contribution < -0.4 is 9.62 Å². The standard InChI is InChI=1S/C35H34ClF2N3O4S/c1-2-3-10-22-40(34(43)41-23-21-35(37,38)29-13-6-8-15-31(29)41)24-25-17-19-26(20-18-25)27-11-5-9-16-32(27)46(44,45)39-33(42)28-12-4-7-14-30(28)36/h4-9,11-20H,2-3,10,21-24H2,1H3,(H,39,42). The largest absolute Gasteiger partial charge is 0.324 e. The van der Waals surface area contributed by atoms with Crippen molar-refractivity contribution in [2.45, 2.75) is 50.0 Å². The van der Waals surface area contributed by atoms with Crippen LogP contribution in [0.1, 0.15) is 54.1 Å². The molecule has 3 amide bonds. The van der Waals surface area contributed by atoms with Crippen LogP contribution in [0.3, 0.4) is 0 Å². The predicted molar refractivity (Wildman–Crippen MR) is 176 cm³/mol. The van der Waals surface area contributed by atoms with Gasteiger partial charge in [0.15, 0.2) is 0 Å². The lowest BCUT2D eigenvalue weighted by Gasteiger charge is -2.37. The van der Waals surface area contributed by atoms with Crippen LogP contribution in [0.5, 0.6) is 0 Å². The Morgan fingerprint density at radius 1 is 0.913 bits per heavy atom. The van der Waals surface area contributed by atoms with Crippen LogP contribution in [0.15, 0.2) is 102 Å². The molecule has 0 aliphatic carbocycles. The molecule has 0 radical (unpaired) electrons. The highest BCUT2D eigenvalue weighted by atomic mass is 35.5. The van der Waals surface area contributed by atoms with Gasteiger partial charge in [-0.1, -0.05) is 104 Å². The zero-order valence-corrected chi connectivity index (χ0v) is 26.8. The number of nitrogens with one attached hydrogen (secondary N) is 1. The number of carbonyl (C=O) groups is 2. The number of hydrogen-bond acceptors (Lipinski definition) is 4. The van der Waals surface area contributed by atoms with Gasteiger partial charge in [0.2, 0.25) is 0 Å². The lowest BCUT2D eigenvalue weighted by atomic mass is 9.98. The number of urea groups is 1. The molecule has 0 saturated heterocycles. The quantitative estimate of drug-likeness (QED) is 0.173. The second-order valence-electron chi connectivity index (χ2n) is 11.1. The average molecular weight is 666 g/mol. The first-order valence-corrected chi connectivity index (χ1v) is 16.9. The molecule has 1 N–H and O–H groups in total. The van der Waals surface area contributed by atoms with Crippen LogP contribution >= 0.6 is 11.6 Å². The second-order valence-corrected chi connectivity index (χ2v) is 13.2. The van der Waals surface area contributed by atoms with Gasteiger partial charge in [-0.15, -0.1) is 0 Å². The normalized spacial score (nSPS) is 14.0. The van der Waals surface area contributed by atoms with E-state index in [4.69, 9.17) is 11.6 Å². The van der Waals surface area contributed by atoms with E-state index in [1.807, 2.05) is 0 Å². The number of para-hydroxylation sites is 1. The van der Waals surface area contributed by atoms with E-state index in [-0.39, 0.29) is 45.9 Å². The van der Waals surface area contributed by atoms with Gasteiger partial charge in [-0.25, -0.2) is 26.7 Å². The van der Waals surface area contributed by atoms with E-state index in [0.717, 1.165) is 24.8 Å². The number of anilines is 1. The summed E-state index contributed by atoms with van der Waals surface area (Å²) in [6, 6.07) is 25.4. The first-order chi connectivity index (χ1) is 22.0. The van der Waals surface area contributed by atoms with Gasteiger partial charge < -0.3 is 4.90 Å². The second kappa shape index (κ2) is 14.0. The van der Waals surface area contributed by atoms with E-state index in [9.17, 15) is 26.8 Å². The number of hydrogen-bond donors (Lipinski definition) is 1. The average Bonchev–Trinajstić information content (AvgIpc) is 3.04. The Bertz CT molecular complexity index is 1830. The number of amides is 3. The van der Waals surface area contributed by atoms with Crippen molar-refractivity contribution in [1.29, 1.82) is 0 Å². The number of halogens is 3. The molecule has 4 aromatic rings. The molecule has 4 aromatic carbocycles. The number of alkyl halides is 2. The molecule has 1 heterocycles. The van der Waals surface area contributed by atoms with E-state index in [0.29, 0.717) is 17.7 Å². The van der Waals surface area contributed by atoms with Crippen LogP contribution in [0, 0.1) is 0 Å². The molecule has 0 fully saturated rings. The number of rotatable bonds is 10. The van der Waals surface area contributed by atoms with Crippen molar-refractivity contribution in [2.75, 3.05) is 18.0 Å². The number of unbranched alkanes of at least 4 members (excludes halogenated alkanes) is 2. The fourth-order valence-electron chi connectivity index (χ4n) is 5.52. The highest BCUT2D eigenvalue weighted by Crippen LogP contribution is 2.42.